The summed E-state index contributed by atoms with van der Waals surface area (Å²) in [6.07, 6.45) is 0.383. The number of carbonyl (C=O) groups excluding carboxylic acids is 2. The number of rotatable bonds is 1. The van der Waals surface area contributed by atoms with E-state index in [4.69, 9.17) is 21.1 Å². The summed E-state index contributed by atoms with van der Waals surface area (Å²) >= 11 is 6.50. The molecule has 3 aliphatic heterocycles. The molecule has 33 heavy (non-hydrogen) atoms. The first kappa shape index (κ1) is 24.1. The molecule has 0 spiro atoms. The van der Waals surface area contributed by atoms with Crippen LogP contribution in [0, 0.1) is 0 Å². The Labute approximate surface area is 201 Å². The van der Waals surface area contributed by atoms with E-state index in [1.807, 2.05) is 42.7 Å². The molecule has 1 atom stereocenters. The van der Waals surface area contributed by atoms with Crippen LogP contribution in [0.3, 0.4) is 0 Å². The number of morpholine rings is 1. The number of hydrogen-bond donors (Lipinski definition) is 0. The third-order valence-corrected chi connectivity index (χ3v) is 6.72. The summed E-state index contributed by atoms with van der Waals surface area (Å²) < 4.78 is 11.4. The molecule has 0 unspecified atom stereocenters. The quantitative estimate of drug-likeness (QED) is 0.619. The number of hydrogen-bond acceptors (Lipinski definition) is 5. The van der Waals surface area contributed by atoms with Crippen LogP contribution in [0.15, 0.2) is 12.1 Å². The number of benzene rings is 1. The zero-order valence-electron chi connectivity index (χ0n) is 20.1. The van der Waals surface area contributed by atoms with E-state index < -0.39 is 5.60 Å². The molecule has 3 amide bonds. The van der Waals surface area contributed by atoms with Crippen molar-refractivity contribution in [1.82, 2.24) is 19.6 Å². The predicted octanol–water partition coefficient (Wildman–Crippen LogP) is 3.37. The van der Waals surface area contributed by atoms with Gasteiger partial charge >= 0.3 is 12.1 Å². The first-order chi connectivity index (χ1) is 15.6. The molecule has 3 aliphatic rings. The van der Waals surface area contributed by atoms with Crippen molar-refractivity contribution in [2.45, 2.75) is 45.4 Å². The number of halogens is 1. The van der Waals surface area contributed by atoms with Crippen molar-refractivity contribution in [3.63, 3.8) is 0 Å². The molecule has 0 bridgehead atoms. The van der Waals surface area contributed by atoms with Crippen LogP contribution in [0.5, 0.6) is 0 Å². The fourth-order valence-corrected chi connectivity index (χ4v) is 4.97. The van der Waals surface area contributed by atoms with E-state index in [-0.39, 0.29) is 18.2 Å². The van der Waals surface area contributed by atoms with Crippen molar-refractivity contribution in [1.29, 1.82) is 0 Å². The van der Waals surface area contributed by atoms with Crippen LogP contribution in [0.2, 0.25) is 5.02 Å². The Bertz CT molecular complexity index is 895. The maximum atomic E-state index is 13.3. The van der Waals surface area contributed by atoms with Crippen molar-refractivity contribution in [2.75, 3.05) is 59.5 Å². The lowest BCUT2D eigenvalue weighted by Crippen LogP contribution is -2.53. The normalized spacial score (nSPS) is 22.2. The largest absolute Gasteiger partial charge is 0.444 e. The lowest BCUT2D eigenvalue weighted by molar-refractivity contribution is -0.0334. The molecule has 9 heteroatoms. The topological polar surface area (TPSA) is 65.6 Å². The SMILES string of the molecule is CN1CCN(C(=O)N2CCc3cc(Cl)cc([C@@H]4COCCN4C(=O)OC(C)(C)C)c3C2)CC1. The molecular weight excluding hydrogens is 444 g/mol. The second kappa shape index (κ2) is 9.68. The lowest BCUT2D eigenvalue weighted by atomic mass is 9.90. The smallest absolute Gasteiger partial charge is 0.410 e. The van der Waals surface area contributed by atoms with Gasteiger partial charge < -0.3 is 24.2 Å². The molecule has 0 radical (unpaired) electrons. The van der Waals surface area contributed by atoms with Gasteiger partial charge in [-0.05, 0) is 63.1 Å². The van der Waals surface area contributed by atoms with E-state index in [0.717, 1.165) is 49.3 Å². The summed E-state index contributed by atoms with van der Waals surface area (Å²) in [5.74, 6) is 0. The van der Waals surface area contributed by atoms with Crippen LogP contribution in [0.25, 0.3) is 0 Å². The number of carbonyl (C=O) groups is 2. The van der Waals surface area contributed by atoms with Crippen molar-refractivity contribution in [3.05, 3.63) is 33.8 Å². The molecule has 182 valence electrons. The highest BCUT2D eigenvalue weighted by molar-refractivity contribution is 6.30. The average Bonchev–Trinajstić information content (AvgIpc) is 2.77. The van der Waals surface area contributed by atoms with E-state index in [1.165, 1.54) is 0 Å². The van der Waals surface area contributed by atoms with Crippen molar-refractivity contribution >= 4 is 23.7 Å². The summed E-state index contributed by atoms with van der Waals surface area (Å²) in [6, 6.07) is 3.68. The maximum absolute atomic E-state index is 13.3. The summed E-state index contributed by atoms with van der Waals surface area (Å²) in [5.41, 5.74) is 2.56. The molecular formula is C24H35ClN4O4. The van der Waals surface area contributed by atoms with Crippen LogP contribution in [-0.2, 0) is 22.4 Å². The summed E-state index contributed by atoms with van der Waals surface area (Å²) in [5, 5.41) is 0.636. The molecule has 2 saturated heterocycles. The number of urea groups is 1. The van der Waals surface area contributed by atoms with E-state index >= 15 is 0 Å². The number of likely N-dealkylation sites (N-methyl/N-ethyl adjacent to an activating group) is 1. The predicted molar refractivity (Wildman–Crippen MR) is 127 cm³/mol. The number of amides is 3. The molecule has 8 nitrogen and oxygen atoms in total. The van der Waals surface area contributed by atoms with Gasteiger partial charge in [-0.15, -0.1) is 0 Å². The van der Waals surface area contributed by atoms with Gasteiger partial charge in [0.25, 0.3) is 0 Å². The van der Waals surface area contributed by atoms with Gasteiger partial charge in [0, 0.05) is 50.8 Å². The highest BCUT2D eigenvalue weighted by Crippen LogP contribution is 2.35. The number of piperazine rings is 1. The standard InChI is InChI=1S/C24H35ClN4O4/c1-24(2,3)33-23(31)29-11-12-32-16-21(29)19-14-18(25)13-17-5-6-28(15-20(17)19)22(30)27-9-7-26(4)8-10-27/h13-14,21H,5-12,15-16H2,1-4H3/t21-/m0/s1. The molecule has 0 aromatic heterocycles. The van der Waals surface area contributed by atoms with E-state index in [0.29, 0.717) is 37.9 Å². The van der Waals surface area contributed by atoms with Crippen LogP contribution in [-0.4, -0.2) is 96.9 Å². The molecule has 3 heterocycles. The van der Waals surface area contributed by atoms with Gasteiger partial charge in [0.15, 0.2) is 0 Å². The van der Waals surface area contributed by atoms with Gasteiger partial charge in [-0.1, -0.05) is 11.6 Å². The highest BCUT2D eigenvalue weighted by Gasteiger charge is 2.36. The van der Waals surface area contributed by atoms with Gasteiger partial charge in [-0.3, -0.25) is 4.90 Å². The van der Waals surface area contributed by atoms with Crippen molar-refractivity contribution in [2.24, 2.45) is 0 Å². The Morgan fingerprint density at radius 3 is 2.48 bits per heavy atom. The number of ether oxygens (including phenoxy) is 2. The van der Waals surface area contributed by atoms with Gasteiger partial charge in [-0.25, -0.2) is 9.59 Å². The van der Waals surface area contributed by atoms with Crippen LogP contribution in [0.1, 0.15) is 43.5 Å². The summed E-state index contributed by atoms with van der Waals surface area (Å²) in [7, 11) is 2.08. The van der Waals surface area contributed by atoms with Crippen LogP contribution < -0.4 is 0 Å². The minimum absolute atomic E-state index is 0.0820. The number of nitrogens with zero attached hydrogens (tertiary/aromatic N) is 4. The molecule has 2 fully saturated rings. The van der Waals surface area contributed by atoms with Crippen molar-refractivity contribution < 1.29 is 19.1 Å². The zero-order valence-corrected chi connectivity index (χ0v) is 20.9. The molecule has 0 saturated carbocycles. The monoisotopic (exact) mass is 478 g/mol. The highest BCUT2D eigenvalue weighted by atomic mass is 35.5. The third kappa shape index (κ3) is 5.55. The summed E-state index contributed by atoms with van der Waals surface area (Å²) in [4.78, 5) is 34.1. The number of fused-ring (bicyclic) bond motifs is 1. The molecule has 1 aromatic carbocycles. The minimum Gasteiger partial charge on any atom is -0.444 e. The molecule has 4 rings (SSSR count). The lowest BCUT2D eigenvalue weighted by Gasteiger charge is -2.41. The van der Waals surface area contributed by atoms with Gasteiger partial charge in [0.2, 0.25) is 0 Å². The Morgan fingerprint density at radius 2 is 1.79 bits per heavy atom. The van der Waals surface area contributed by atoms with E-state index in [2.05, 4.69) is 11.9 Å². The zero-order chi connectivity index (χ0) is 23.8. The third-order valence-electron chi connectivity index (χ3n) is 6.50. The Hall–Kier alpha value is -2.03. The summed E-state index contributed by atoms with van der Waals surface area (Å²) in [6.45, 7) is 11.3. The Balaban J connectivity index is 1.59. The molecule has 0 aliphatic carbocycles. The molecule has 0 N–H and O–H groups in total. The van der Waals surface area contributed by atoms with E-state index in [1.54, 1.807) is 4.90 Å². The van der Waals surface area contributed by atoms with Gasteiger partial charge in [-0.2, -0.15) is 0 Å². The Kier molecular flexibility index (Phi) is 7.07. The van der Waals surface area contributed by atoms with Gasteiger partial charge in [0.1, 0.15) is 5.60 Å². The molecule has 1 aromatic rings. The second-order valence-corrected chi connectivity index (χ2v) is 10.6. The first-order valence-corrected chi connectivity index (χ1v) is 12.1. The fourth-order valence-electron chi connectivity index (χ4n) is 4.72. The fraction of sp³-hybridized carbons (Fsp3) is 0.667. The van der Waals surface area contributed by atoms with Crippen molar-refractivity contribution in [3.8, 4) is 0 Å². The average molecular weight is 479 g/mol. The minimum atomic E-state index is -0.584. The van der Waals surface area contributed by atoms with Gasteiger partial charge in [0.05, 0.1) is 19.3 Å². The van der Waals surface area contributed by atoms with Crippen LogP contribution >= 0.6 is 11.6 Å². The van der Waals surface area contributed by atoms with E-state index in [9.17, 15) is 9.59 Å². The maximum Gasteiger partial charge on any atom is 0.410 e. The first-order valence-electron chi connectivity index (χ1n) is 11.7. The van der Waals surface area contributed by atoms with Crippen LogP contribution in [0.4, 0.5) is 9.59 Å². The Morgan fingerprint density at radius 1 is 1.06 bits per heavy atom. The second-order valence-electron chi connectivity index (χ2n) is 10.1.